The fourth-order valence-corrected chi connectivity index (χ4v) is 4.68. The van der Waals surface area contributed by atoms with E-state index in [1.165, 1.54) is 0 Å². The highest BCUT2D eigenvalue weighted by Crippen LogP contribution is 2.44. The summed E-state index contributed by atoms with van der Waals surface area (Å²) in [6, 6.07) is 19.7. The molecule has 3 aromatic carbocycles. The smallest absolute Gasteiger partial charge is 0.255 e. The lowest BCUT2D eigenvalue weighted by atomic mass is 9.94. The van der Waals surface area contributed by atoms with Crippen LogP contribution in [-0.4, -0.2) is 49.1 Å². The van der Waals surface area contributed by atoms with Crippen molar-refractivity contribution >= 4 is 17.5 Å². The van der Waals surface area contributed by atoms with Gasteiger partial charge in [0.05, 0.1) is 39.6 Å². The van der Waals surface area contributed by atoms with E-state index >= 15 is 0 Å². The van der Waals surface area contributed by atoms with E-state index in [-0.39, 0.29) is 5.91 Å². The average molecular weight is 528 g/mol. The predicted molar refractivity (Wildman–Crippen MR) is 148 cm³/mol. The number of carbonyl (C=O) groups excluding carboxylic acids is 1. The van der Waals surface area contributed by atoms with Gasteiger partial charge in [0.15, 0.2) is 17.3 Å². The molecule has 0 fully saturated rings. The Morgan fingerprint density at radius 3 is 2.15 bits per heavy atom. The van der Waals surface area contributed by atoms with Crippen molar-refractivity contribution in [3.63, 3.8) is 0 Å². The summed E-state index contributed by atoms with van der Waals surface area (Å²) in [6.45, 7) is 1.84. The Labute approximate surface area is 226 Å². The maximum Gasteiger partial charge on any atom is 0.255 e. The van der Waals surface area contributed by atoms with Crippen molar-refractivity contribution in [2.75, 3.05) is 39.1 Å². The number of carbonyl (C=O) groups is 1. The highest BCUT2D eigenvalue weighted by atomic mass is 16.5. The minimum atomic E-state index is -0.672. The zero-order chi connectivity index (χ0) is 27.5. The lowest BCUT2D eigenvalue weighted by molar-refractivity contribution is -0.113. The summed E-state index contributed by atoms with van der Waals surface area (Å²) in [7, 11) is 6.24. The molecular weight excluding hydrogens is 498 g/mol. The van der Waals surface area contributed by atoms with Gasteiger partial charge in [0, 0.05) is 11.4 Å². The van der Waals surface area contributed by atoms with Crippen LogP contribution in [0.1, 0.15) is 18.5 Å². The average Bonchev–Trinajstić information content (AvgIpc) is 3.39. The maximum atomic E-state index is 13.8. The number of anilines is 2. The summed E-state index contributed by atoms with van der Waals surface area (Å²) in [5.74, 6) is 2.63. The molecule has 1 atom stereocenters. The predicted octanol–water partition coefficient (Wildman–Crippen LogP) is 4.91. The lowest BCUT2D eigenvalue weighted by Crippen LogP contribution is -2.31. The Balaban J connectivity index is 1.69. The molecule has 1 aromatic heterocycles. The van der Waals surface area contributed by atoms with E-state index in [9.17, 15) is 4.79 Å². The number of aromatic nitrogens is 3. The van der Waals surface area contributed by atoms with Crippen molar-refractivity contribution in [2.24, 2.45) is 0 Å². The third kappa shape index (κ3) is 4.72. The van der Waals surface area contributed by atoms with Crippen LogP contribution in [0.15, 0.2) is 78.0 Å². The molecule has 10 nitrogen and oxygen atoms in total. The molecule has 5 rings (SSSR count). The van der Waals surface area contributed by atoms with Gasteiger partial charge in [0.1, 0.15) is 11.8 Å². The van der Waals surface area contributed by atoms with E-state index in [2.05, 4.69) is 10.6 Å². The van der Waals surface area contributed by atoms with Gasteiger partial charge in [-0.05, 0) is 48.9 Å². The van der Waals surface area contributed by atoms with Gasteiger partial charge in [-0.3, -0.25) is 4.79 Å². The van der Waals surface area contributed by atoms with Crippen molar-refractivity contribution in [3.8, 4) is 34.4 Å². The standard InChI is InChI=1S/C29H29N5O5/c1-17-24(28(35)31-19-11-7-6-8-12-19)25(18-15-22(37-3)26(39-5)23(16-18)38-4)34-29(30-17)32-27(33-34)20-13-9-10-14-21(20)36-2/h6-16,25H,1-5H3,(H,31,35)(H,30,32,33). The molecule has 4 aromatic rings. The van der Waals surface area contributed by atoms with Crippen LogP contribution in [0.4, 0.5) is 11.6 Å². The van der Waals surface area contributed by atoms with Crippen molar-refractivity contribution in [1.29, 1.82) is 0 Å². The number of rotatable bonds is 8. The van der Waals surface area contributed by atoms with Gasteiger partial charge in [0.2, 0.25) is 11.7 Å². The third-order valence-corrected chi connectivity index (χ3v) is 6.48. The largest absolute Gasteiger partial charge is 0.496 e. The van der Waals surface area contributed by atoms with Crippen LogP contribution in [0, 0.1) is 0 Å². The van der Waals surface area contributed by atoms with E-state index in [0.717, 1.165) is 5.56 Å². The molecule has 0 radical (unpaired) electrons. The fourth-order valence-electron chi connectivity index (χ4n) is 4.68. The number of nitrogens with one attached hydrogen (secondary N) is 2. The normalized spacial score (nSPS) is 14.2. The SMILES string of the molecule is COc1ccccc1-c1nc2n(n1)C(c1cc(OC)c(OC)c(OC)c1)C(C(=O)Nc1ccccc1)=C(C)N2. The second kappa shape index (κ2) is 10.8. The molecule has 0 saturated carbocycles. The van der Waals surface area contributed by atoms with Gasteiger partial charge in [-0.15, -0.1) is 5.10 Å². The van der Waals surface area contributed by atoms with Crippen LogP contribution in [0.5, 0.6) is 23.0 Å². The number of methoxy groups -OCH3 is 4. The number of hydrogen-bond donors (Lipinski definition) is 2. The molecule has 0 spiro atoms. The molecule has 1 aliphatic heterocycles. The highest BCUT2D eigenvalue weighted by Gasteiger charge is 2.36. The number of fused-ring (bicyclic) bond motifs is 1. The number of hydrogen-bond acceptors (Lipinski definition) is 8. The second-order valence-electron chi connectivity index (χ2n) is 8.75. The first kappa shape index (κ1) is 25.7. The van der Waals surface area contributed by atoms with E-state index < -0.39 is 6.04 Å². The van der Waals surface area contributed by atoms with Crippen LogP contribution >= 0.6 is 0 Å². The molecule has 10 heteroatoms. The third-order valence-electron chi connectivity index (χ3n) is 6.48. The molecule has 2 N–H and O–H groups in total. The van der Waals surface area contributed by atoms with Crippen molar-refractivity contribution in [3.05, 3.63) is 83.6 Å². The van der Waals surface area contributed by atoms with Gasteiger partial charge in [-0.25, -0.2) is 4.68 Å². The molecule has 1 unspecified atom stereocenters. The first-order valence-corrected chi connectivity index (χ1v) is 12.2. The summed E-state index contributed by atoms with van der Waals surface area (Å²) in [5.41, 5.74) is 3.18. The summed E-state index contributed by atoms with van der Waals surface area (Å²) in [5, 5.41) is 11.1. The maximum absolute atomic E-state index is 13.8. The van der Waals surface area contributed by atoms with Crippen molar-refractivity contribution in [2.45, 2.75) is 13.0 Å². The topological polar surface area (TPSA) is 109 Å². The Kier molecular flexibility index (Phi) is 7.09. The van der Waals surface area contributed by atoms with E-state index in [1.807, 2.05) is 73.7 Å². The number of nitrogens with zero attached hydrogens (tertiary/aromatic N) is 3. The van der Waals surface area contributed by atoms with Crippen LogP contribution in [-0.2, 0) is 4.79 Å². The van der Waals surface area contributed by atoms with Gasteiger partial charge in [-0.1, -0.05) is 30.3 Å². The zero-order valence-corrected chi connectivity index (χ0v) is 22.3. The van der Waals surface area contributed by atoms with Crippen LogP contribution < -0.4 is 29.6 Å². The van der Waals surface area contributed by atoms with Gasteiger partial charge >= 0.3 is 0 Å². The lowest BCUT2D eigenvalue weighted by Gasteiger charge is -2.29. The fraction of sp³-hybridized carbons (Fsp3) is 0.207. The van der Waals surface area contributed by atoms with Crippen molar-refractivity contribution < 1.29 is 23.7 Å². The molecule has 1 amide bonds. The molecular formula is C29H29N5O5. The summed E-state index contributed by atoms with van der Waals surface area (Å²) >= 11 is 0. The molecule has 39 heavy (non-hydrogen) atoms. The summed E-state index contributed by atoms with van der Waals surface area (Å²) < 4.78 is 24.0. The minimum Gasteiger partial charge on any atom is -0.496 e. The number of amides is 1. The molecule has 0 bridgehead atoms. The van der Waals surface area contributed by atoms with Crippen LogP contribution in [0.3, 0.4) is 0 Å². The summed E-state index contributed by atoms with van der Waals surface area (Å²) in [4.78, 5) is 18.6. The molecule has 200 valence electrons. The first-order valence-electron chi connectivity index (χ1n) is 12.2. The van der Waals surface area contributed by atoms with Gasteiger partial charge in [-0.2, -0.15) is 4.98 Å². The number of benzene rings is 3. The highest BCUT2D eigenvalue weighted by molar-refractivity contribution is 6.06. The molecule has 1 aliphatic rings. The van der Waals surface area contributed by atoms with Crippen molar-refractivity contribution in [1.82, 2.24) is 14.8 Å². The Morgan fingerprint density at radius 1 is 0.872 bits per heavy atom. The van der Waals surface area contributed by atoms with E-state index in [0.29, 0.717) is 57.3 Å². The van der Waals surface area contributed by atoms with Gasteiger partial charge in [0.25, 0.3) is 5.91 Å². The second-order valence-corrected chi connectivity index (χ2v) is 8.75. The number of allylic oxidation sites excluding steroid dienone is 1. The summed E-state index contributed by atoms with van der Waals surface area (Å²) in [6.07, 6.45) is 0. The minimum absolute atomic E-state index is 0.287. The van der Waals surface area contributed by atoms with Gasteiger partial charge < -0.3 is 29.6 Å². The van der Waals surface area contributed by atoms with E-state index in [1.54, 1.807) is 33.1 Å². The van der Waals surface area contributed by atoms with Crippen LogP contribution in [0.2, 0.25) is 0 Å². The number of para-hydroxylation sites is 2. The van der Waals surface area contributed by atoms with Crippen LogP contribution in [0.25, 0.3) is 11.4 Å². The number of ether oxygens (including phenoxy) is 4. The Morgan fingerprint density at radius 2 is 1.51 bits per heavy atom. The molecule has 0 saturated heterocycles. The zero-order valence-electron chi connectivity index (χ0n) is 22.3. The molecule has 0 aliphatic carbocycles. The first-order chi connectivity index (χ1) is 19.0. The Hall–Kier alpha value is -4.99. The monoisotopic (exact) mass is 527 g/mol. The Bertz CT molecular complexity index is 1520. The quantitative estimate of drug-likeness (QED) is 0.333. The molecule has 2 heterocycles. The van der Waals surface area contributed by atoms with E-state index in [4.69, 9.17) is 29.0 Å².